The van der Waals surface area contributed by atoms with Crippen molar-refractivity contribution in [3.8, 4) is 0 Å². The molecule has 6 heteroatoms. The number of carbonyl (C=O) groups is 1. The Labute approximate surface area is 128 Å². The number of nitro benzene ring substituents is 1. The Kier molecular flexibility index (Phi) is 4.41. The Morgan fingerprint density at radius 2 is 1.77 bits per heavy atom. The van der Waals surface area contributed by atoms with Crippen LogP contribution in [-0.2, 0) is 0 Å². The van der Waals surface area contributed by atoms with E-state index < -0.39 is 4.92 Å². The molecule has 0 heterocycles. The van der Waals surface area contributed by atoms with Gasteiger partial charge in [-0.2, -0.15) is 0 Å². The van der Waals surface area contributed by atoms with Crippen LogP contribution in [0.15, 0.2) is 36.4 Å². The summed E-state index contributed by atoms with van der Waals surface area (Å²) in [6, 6.07) is 9.87. The summed E-state index contributed by atoms with van der Waals surface area (Å²) >= 11 is 0. The average molecular weight is 299 g/mol. The van der Waals surface area contributed by atoms with E-state index in [1.165, 1.54) is 18.2 Å². The molecule has 0 atom stereocenters. The van der Waals surface area contributed by atoms with E-state index in [-0.39, 0.29) is 17.2 Å². The lowest BCUT2D eigenvalue weighted by molar-refractivity contribution is -0.384. The maximum atomic E-state index is 12.5. The maximum absolute atomic E-state index is 12.5. The number of nitro groups is 1. The van der Waals surface area contributed by atoms with Gasteiger partial charge in [-0.3, -0.25) is 14.9 Å². The van der Waals surface area contributed by atoms with Crippen molar-refractivity contribution in [1.82, 2.24) is 0 Å². The fraction of sp³-hybridized carbons (Fsp3) is 0.188. The lowest BCUT2D eigenvalue weighted by atomic mass is 10.1. The molecule has 2 rings (SSSR count). The molecule has 0 radical (unpaired) electrons. The monoisotopic (exact) mass is 299 g/mol. The van der Waals surface area contributed by atoms with Crippen LogP contribution in [-0.4, -0.2) is 17.9 Å². The number of rotatable bonds is 4. The zero-order valence-corrected chi connectivity index (χ0v) is 12.6. The number of hydrogen-bond acceptors (Lipinski definition) is 4. The van der Waals surface area contributed by atoms with Crippen LogP contribution < -0.4 is 10.6 Å². The third-order valence-electron chi connectivity index (χ3n) is 3.45. The van der Waals surface area contributed by atoms with Crippen LogP contribution >= 0.6 is 0 Å². The van der Waals surface area contributed by atoms with E-state index in [1.807, 2.05) is 32.0 Å². The van der Waals surface area contributed by atoms with Crippen molar-refractivity contribution in [2.75, 3.05) is 17.7 Å². The summed E-state index contributed by atoms with van der Waals surface area (Å²) in [6.45, 7) is 3.80. The first-order valence-electron chi connectivity index (χ1n) is 6.77. The van der Waals surface area contributed by atoms with Crippen molar-refractivity contribution < 1.29 is 9.72 Å². The van der Waals surface area contributed by atoms with Crippen LogP contribution in [0.2, 0.25) is 0 Å². The maximum Gasteiger partial charge on any atom is 0.270 e. The van der Waals surface area contributed by atoms with Crippen LogP contribution in [0.25, 0.3) is 0 Å². The molecule has 2 N–H and O–H groups in total. The molecule has 0 aromatic heterocycles. The van der Waals surface area contributed by atoms with Crippen LogP contribution in [0.1, 0.15) is 21.5 Å². The fourth-order valence-electron chi connectivity index (χ4n) is 2.24. The highest BCUT2D eigenvalue weighted by atomic mass is 16.6. The summed E-state index contributed by atoms with van der Waals surface area (Å²) in [6.07, 6.45) is 0. The lowest BCUT2D eigenvalue weighted by Gasteiger charge is -2.13. The molecule has 0 spiro atoms. The smallest absolute Gasteiger partial charge is 0.270 e. The average Bonchev–Trinajstić information content (AvgIpc) is 2.50. The second-order valence-electron chi connectivity index (χ2n) is 4.96. The predicted octanol–water partition coefficient (Wildman–Crippen LogP) is 3.51. The van der Waals surface area contributed by atoms with Gasteiger partial charge in [-0.1, -0.05) is 18.2 Å². The van der Waals surface area contributed by atoms with Gasteiger partial charge in [-0.05, 0) is 31.0 Å². The summed E-state index contributed by atoms with van der Waals surface area (Å²) in [4.78, 5) is 22.9. The van der Waals surface area contributed by atoms with Gasteiger partial charge < -0.3 is 10.6 Å². The third kappa shape index (κ3) is 3.06. The molecule has 0 unspecified atom stereocenters. The van der Waals surface area contributed by atoms with Crippen LogP contribution in [0, 0.1) is 24.0 Å². The van der Waals surface area contributed by atoms with Crippen molar-refractivity contribution in [2.24, 2.45) is 0 Å². The number of benzene rings is 2. The molecule has 114 valence electrons. The Morgan fingerprint density at radius 1 is 1.14 bits per heavy atom. The van der Waals surface area contributed by atoms with E-state index in [9.17, 15) is 14.9 Å². The summed E-state index contributed by atoms with van der Waals surface area (Å²) in [5.41, 5.74) is 3.25. The number of aryl methyl sites for hydroxylation is 2. The number of hydrogen-bond donors (Lipinski definition) is 2. The number of carbonyl (C=O) groups excluding carboxylic acids is 1. The van der Waals surface area contributed by atoms with Gasteiger partial charge in [0.1, 0.15) is 0 Å². The largest absolute Gasteiger partial charge is 0.387 e. The molecule has 0 fully saturated rings. The number of nitrogens with zero attached hydrogens (tertiary/aromatic N) is 1. The molecule has 0 aliphatic carbocycles. The van der Waals surface area contributed by atoms with Crippen molar-refractivity contribution >= 4 is 23.0 Å². The van der Waals surface area contributed by atoms with Crippen LogP contribution in [0.3, 0.4) is 0 Å². The minimum atomic E-state index is -0.519. The van der Waals surface area contributed by atoms with Gasteiger partial charge in [0.2, 0.25) is 0 Å². The van der Waals surface area contributed by atoms with Crippen LogP contribution in [0.4, 0.5) is 17.1 Å². The van der Waals surface area contributed by atoms with E-state index >= 15 is 0 Å². The summed E-state index contributed by atoms with van der Waals surface area (Å²) in [5, 5.41) is 16.6. The molecule has 22 heavy (non-hydrogen) atoms. The zero-order chi connectivity index (χ0) is 16.3. The highest BCUT2D eigenvalue weighted by Gasteiger charge is 2.17. The molecule has 0 saturated carbocycles. The summed E-state index contributed by atoms with van der Waals surface area (Å²) in [7, 11) is 1.66. The summed E-state index contributed by atoms with van der Waals surface area (Å²) < 4.78 is 0. The standard InChI is InChI=1S/C16H17N3O3/c1-10-5-4-6-11(2)15(10)18-16(20)13-9-12(19(21)22)7-8-14(13)17-3/h4-9,17H,1-3H3,(H,18,20). The SMILES string of the molecule is CNc1ccc([N+](=O)[O-])cc1C(=O)Nc1c(C)cccc1C. The first-order valence-corrected chi connectivity index (χ1v) is 6.77. The summed E-state index contributed by atoms with van der Waals surface area (Å²) in [5.74, 6) is -0.384. The number of para-hydroxylation sites is 1. The molecular formula is C16H17N3O3. The predicted molar refractivity (Wildman–Crippen MR) is 86.5 cm³/mol. The Balaban J connectivity index is 2.40. The van der Waals surface area contributed by atoms with E-state index in [2.05, 4.69) is 10.6 Å². The van der Waals surface area contributed by atoms with Gasteiger partial charge in [-0.15, -0.1) is 0 Å². The van der Waals surface area contributed by atoms with Gasteiger partial charge in [0.15, 0.2) is 0 Å². The van der Waals surface area contributed by atoms with Gasteiger partial charge in [0, 0.05) is 30.6 Å². The van der Waals surface area contributed by atoms with Crippen LogP contribution in [0.5, 0.6) is 0 Å². The minimum Gasteiger partial charge on any atom is -0.387 e. The van der Waals surface area contributed by atoms with E-state index in [4.69, 9.17) is 0 Å². The van der Waals surface area contributed by atoms with E-state index in [0.29, 0.717) is 5.69 Å². The highest BCUT2D eigenvalue weighted by molar-refractivity contribution is 6.09. The zero-order valence-electron chi connectivity index (χ0n) is 12.6. The van der Waals surface area contributed by atoms with Gasteiger partial charge in [-0.25, -0.2) is 0 Å². The molecule has 0 aliphatic rings. The molecule has 0 saturated heterocycles. The fourth-order valence-corrected chi connectivity index (χ4v) is 2.24. The van der Waals surface area contributed by atoms with Gasteiger partial charge >= 0.3 is 0 Å². The molecule has 0 aliphatic heterocycles. The Bertz CT molecular complexity index is 721. The normalized spacial score (nSPS) is 10.1. The quantitative estimate of drug-likeness (QED) is 0.668. The van der Waals surface area contributed by atoms with Crippen molar-refractivity contribution in [3.05, 3.63) is 63.2 Å². The van der Waals surface area contributed by atoms with Crippen molar-refractivity contribution in [2.45, 2.75) is 13.8 Å². The lowest BCUT2D eigenvalue weighted by Crippen LogP contribution is -2.16. The molecule has 0 bridgehead atoms. The Morgan fingerprint density at radius 3 is 2.32 bits per heavy atom. The molecular weight excluding hydrogens is 282 g/mol. The third-order valence-corrected chi connectivity index (χ3v) is 3.45. The second-order valence-corrected chi connectivity index (χ2v) is 4.96. The first-order chi connectivity index (χ1) is 10.4. The Hall–Kier alpha value is -2.89. The van der Waals surface area contributed by atoms with Crippen molar-refractivity contribution in [3.63, 3.8) is 0 Å². The molecule has 1 amide bonds. The molecule has 6 nitrogen and oxygen atoms in total. The number of anilines is 2. The molecule has 2 aromatic carbocycles. The minimum absolute atomic E-state index is 0.120. The number of nitrogens with one attached hydrogen (secondary N) is 2. The molecule has 2 aromatic rings. The van der Waals surface area contributed by atoms with E-state index in [0.717, 1.165) is 16.8 Å². The highest BCUT2D eigenvalue weighted by Crippen LogP contribution is 2.25. The number of non-ortho nitro benzene ring substituents is 1. The first kappa shape index (κ1) is 15.5. The number of amides is 1. The van der Waals surface area contributed by atoms with Gasteiger partial charge in [0.05, 0.1) is 10.5 Å². The van der Waals surface area contributed by atoms with E-state index in [1.54, 1.807) is 7.05 Å². The van der Waals surface area contributed by atoms with Gasteiger partial charge in [0.25, 0.3) is 11.6 Å². The topological polar surface area (TPSA) is 84.3 Å². The second kappa shape index (κ2) is 6.26. The van der Waals surface area contributed by atoms with Crippen molar-refractivity contribution in [1.29, 1.82) is 0 Å².